The molecule has 0 bridgehead atoms. The number of hydrogen-bond donors (Lipinski definition) is 0. The molecule has 7 nitrogen and oxygen atoms in total. The third-order valence-electron chi connectivity index (χ3n) is 5.22. The van der Waals surface area contributed by atoms with Crippen molar-refractivity contribution in [3.63, 3.8) is 0 Å². The van der Waals surface area contributed by atoms with Gasteiger partial charge in [-0.05, 0) is 31.9 Å². The summed E-state index contributed by atoms with van der Waals surface area (Å²) in [6.45, 7) is 5.15. The number of nitrogens with zero attached hydrogens (tertiary/aromatic N) is 6. The summed E-state index contributed by atoms with van der Waals surface area (Å²) in [5.74, 6) is 2.45. The lowest BCUT2D eigenvalue weighted by molar-refractivity contribution is 0.0710. The topological polar surface area (TPSA) is 68.8 Å². The van der Waals surface area contributed by atoms with Gasteiger partial charge in [0, 0.05) is 43.5 Å². The fourth-order valence-corrected chi connectivity index (χ4v) is 3.76. The molecule has 3 aromatic rings. The highest BCUT2D eigenvalue weighted by atomic mass is 16.2. The third-order valence-corrected chi connectivity index (χ3v) is 5.22. The molecule has 3 heterocycles. The summed E-state index contributed by atoms with van der Waals surface area (Å²) >= 11 is 0. The Bertz CT molecular complexity index is 879. The van der Waals surface area contributed by atoms with Crippen LogP contribution < -0.4 is 0 Å². The monoisotopic (exact) mass is 364 g/mol. The third kappa shape index (κ3) is 3.63. The summed E-state index contributed by atoms with van der Waals surface area (Å²) in [7, 11) is 0. The normalized spacial score (nSPS) is 15.2. The van der Waals surface area contributed by atoms with Gasteiger partial charge < -0.3 is 14.0 Å². The molecule has 0 saturated carbocycles. The molecule has 2 aromatic heterocycles. The van der Waals surface area contributed by atoms with Gasteiger partial charge in [0.1, 0.15) is 5.82 Å². The zero-order valence-electron chi connectivity index (χ0n) is 15.5. The Labute approximate surface area is 158 Å². The Morgan fingerprint density at radius 2 is 1.93 bits per heavy atom. The first-order chi connectivity index (χ1) is 13.3. The van der Waals surface area contributed by atoms with Gasteiger partial charge >= 0.3 is 0 Å². The van der Waals surface area contributed by atoms with Crippen molar-refractivity contribution < 1.29 is 4.79 Å². The standard InChI is InChI=1S/C20H24N6O/c1-2-26-18(14-24-13-10-21-15-24)22-23-19(26)16-8-11-25(12-9-16)20(27)17-6-4-3-5-7-17/h3-7,10,13,15-16H,2,8-9,11-12,14H2,1H3. The SMILES string of the molecule is CCn1c(Cn2ccnc2)nnc1C1CCN(C(=O)c2ccccc2)CC1. The van der Waals surface area contributed by atoms with E-state index in [0.717, 1.165) is 49.7 Å². The molecule has 27 heavy (non-hydrogen) atoms. The van der Waals surface area contributed by atoms with Crippen molar-refractivity contribution in [3.05, 3.63) is 66.3 Å². The zero-order valence-corrected chi connectivity index (χ0v) is 15.5. The number of carbonyl (C=O) groups is 1. The Hall–Kier alpha value is -2.96. The van der Waals surface area contributed by atoms with E-state index in [9.17, 15) is 4.79 Å². The maximum atomic E-state index is 12.6. The van der Waals surface area contributed by atoms with E-state index in [0.29, 0.717) is 12.5 Å². The Balaban J connectivity index is 1.44. The van der Waals surface area contributed by atoms with Gasteiger partial charge in [-0.2, -0.15) is 0 Å². The lowest BCUT2D eigenvalue weighted by Gasteiger charge is -2.31. The highest BCUT2D eigenvalue weighted by molar-refractivity contribution is 5.94. The van der Waals surface area contributed by atoms with Crippen LogP contribution >= 0.6 is 0 Å². The van der Waals surface area contributed by atoms with Crippen molar-refractivity contribution in [2.24, 2.45) is 0 Å². The van der Waals surface area contributed by atoms with Gasteiger partial charge in [-0.1, -0.05) is 18.2 Å². The smallest absolute Gasteiger partial charge is 0.253 e. The number of imidazole rings is 1. The second-order valence-corrected chi connectivity index (χ2v) is 6.89. The Morgan fingerprint density at radius 3 is 2.59 bits per heavy atom. The summed E-state index contributed by atoms with van der Waals surface area (Å²) in [6, 6.07) is 9.51. The number of rotatable bonds is 5. The summed E-state index contributed by atoms with van der Waals surface area (Å²) < 4.78 is 4.21. The van der Waals surface area contributed by atoms with E-state index in [1.54, 1.807) is 12.5 Å². The molecule has 1 aliphatic heterocycles. The molecule has 0 atom stereocenters. The van der Waals surface area contributed by atoms with Crippen LogP contribution in [0.25, 0.3) is 0 Å². The number of hydrogen-bond acceptors (Lipinski definition) is 4. The molecule has 140 valence electrons. The lowest BCUT2D eigenvalue weighted by Crippen LogP contribution is -2.38. The molecule has 0 spiro atoms. The summed E-state index contributed by atoms with van der Waals surface area (Å²) in [4.78, 5) is 18.7. The van der Waals surface area contributed by atoms with E-state index in [1.807, 2.05) is 46.0 Å². The highest BCUT2D eigenvalue weighted by Crippen LogP contribution is 2.28. The number of benzene rings is 1. The second-order valence-electron chi connectivity index (χ2n) is 6.89. The van der Waals surface area contributed by atoms with Crippen molar-refractivity contribution in [1.82, 2.24) is 29.2 Å². The van der Waals surface area contributed by atoms with Gasteiger partial charge in [0.05, 0.1) is 12.9 Å². The van der Waals surface area contributed by atoms with E-state index in [1.165, 1.54) is 0 Å². The molecule has 0 aliphatic carbocycles. The summed E-state index contributed by atoms with van der Waals surface area (Å²) in [5.41, 5.74) is 0.760. The van der Waals surface area contributed by atoms with Crippen LogP contribution in [0.4, 0.5) is 0 Å². The lowest BCUT2D eigenvalue weighted by atomic mass is 9.95. The van der Waals surface area contributed by atoms with Gasteiger partial charge in [-0.15, -0.1) is 10.2 Å². The average molecular weight is 364 g/mol. The summed E-state index contributed by atoms with van der Waals surface area (Å²) in [5, 5.41) is 8.92. The van der Waals surface area contributed by atoms with Crippen LogP contribution in [0.5, 0.6) is 0 Å². The van der Waals surface area contributed by atoms with Crippen LogP contribution in [0.15, 0.2) is 49.1 Å². The quantitative estimate of drug-likeness (QED) is 0.698. The van der Waals surface area contributed by atoms with Crippen LogP contribution in [-0.2, 0) is 13.1 Å². The fourth-order valence-electron chi connectivity index (χ4n) is 3.76. The minimum Gasteiger partial charge on any atom is -0.339 e. The highest BCUT2D eigenvalue weighted by Gasteiger charge is 2.28. The Kier molecular flexibility index (Phi) is 5.00. The van der Waals surface area contributed by atoms with Crippen LogP contribution in [0.3, 0.4) is 0 Å². The van der Waals surface area contributed by atoms with Crippen molar-refractivity contribution in [3.8, 4) is 0 Å². The molecule has 1 fully saturated rings. The minimum absolute atomic E-state index is 0.117. The van der Waals surface area contributed by atoms with E-state index < -0.39 is 0 Å². The molecule has 1 saturated heterocycles. The molecule has 7 heteroatoms. The molecular formula is C20H24N6O. The van der Waals surface area contributed by atoms with Gasteiger partial charge in [-0.25, -0.2) is 4.98 Å². The van der Waals surface area contributed by atoms with Crippen molar-refractivity contribution >= 4 is 5.91 Å². The van der Waals surface area contributed by atoms with Crippen LogP contribution in [0.2, 0.25) is 0 Å². The van der Waals surface area contributed by atoms with Gasteiger partial charge in [0.2, 0.25) is 0 Å². The van der Waals surface area contributed by atoms with E-state index in [2.05, 4.69) is 26.7 Å². The maximum Gasteiger partial charge on any atom is 0.253 e. The van der Waals surface area contributed by atoms with Gasteiger partial charge in [-0.3, -0.25) is 4.79 Å². The maximum absolute atomic E-state index is 12.6. The molecular weight excluding hydrogens is 340 g/mol. The van der Waals surface area contributed by atoms with Crippen LogP contribution in [-0.4, -0.2) is 48.2 Å². The number of amides is 1. The number of aromatic nitrogens is 5. The molecule has 0 radical (unpaired) electrons. The first kappa shape index (κ1) is 17.5. The molecule has 0 unspecified atom stereocenters. The zero-order chi connectivity index (χ0) is 18.6. The van der Waals surface area contributed by atoms with Crippen molar-refractivity contribution in [2.45, 2.75) is 38.8 Å². The van der Waals surface area contributed by atoms with E-state index in [4.69, 9.17) is 0 Å². The molecule has 1 amide bonds. The first-order valence-electron chi connectivity index (χ1n) is 9.48. The van der Waals surface area contributed by atoms with Crippen molar-refractivity contribution in [2.75, 3.05) is 13.1 Å². The largest absolute Gasteiger partial charge is 0.339 e. The number of carbonyl (C=O) groups excluding carboxylic acids is 1. The molecule has 1 aliphatic rings. The first-order valence-corrected chi connectivity index (χ1v) is 9.48. The molecule has 0 N–H and O–H groups in total. The predicted octanol–water partition coefficient (Wildman–Crippen LogP) is 2.56. The summed E-state index contributed by atoms with van der Waals surface area (Å²) in [6.07, 6.45) is 7.33. The molecule has 4 rings (SSSR count). The van der Waals surface area contributed by atoms with E-state index in [-0.39, 0.29) is 5.91 Å². The number of piperidine rings is 1. The fraction of sp³-hybridized carbons (Fsp3) is 0.400. The predicted molar refractivity (Wildman–Crippen MR) is 101 cm³/mol. The van der Waals surface area contributed by atoms with Crippen LogP contribution in [0.1, 0.15) is 47.7 Å². The average Bonchev–Trinajstić information content (AvgIpc) is 3.38. The number of likely N-dealkylation sites (tertiary alicyclic amines) is 1. The van der Waals surface area contributed by atoms with E-state index >= 15 is 0 Å². The van der Waals surface area contributed by atoms with Crippen molar-refractivity contribution in [1.29, 1.82) is 0 Å². The Morgan fingerprint density at radius 1 is 1.15 bits per heavy atom. The minimum atomic E-state index is 0.117. The van der Waals surface area contributed by atoms with Gasteiger partial charge in [0.25, 0.3) is 5.91 Å². The van der Waals surface area contributed by atoms with Crippen LogP contribution in [0, 0.1) is 0 Å². The second kappa shape index (κ2) is 7.73. The van der Waals surface area contributed by atoms with Gasteiger partial charge in [0.15, 0.2) is 5.82 Å². The molecule has 1 aromatic carbocycles.